The van der Waals surface area contributed by atoms with Crippen LogP contribution < -0.4 is 0 Å². The summed E-state index contributed by atoms with van der Waals surface area (Å²) in [5.74, 6) is 0. The Labute approximate surface area is 194 Å². The van der Waals surface area contributed by atoms with Crippen molar-refractivity contribution in [3.63, 3.8) is 0 Å². The molecule has 1 aliphatic heterocycles. The minimum atomic E-state index is -0.344. The first-order chi connectivity index (χ1) is 16.3. The van der Waals surface area contributed by atoms with E-state index in [1.165, 1.54) is 61.2 Å². The highest BCUT2D eigenvalue weighted by molar-refractivity contribution is 6.02. The van der Waals surface area contributed by atoms with Crippen LogP contribution in [0.5, 0.6) is 0 Å². The number of hydrogen-bond donors (Lipinski definition) is 0. The van der Waals surface area contributed by atoms with E-state index < -0.39 is 0 Å². The summed E-state index contributed by atoms with van der Waals surface area (Å²) in [4.78, 5) is 0. The van der Waals surface area contributed by atoms with Gasteiger partial charge in [-0.15, -0.1) is 0 Å². The van der Waals surface area contributed by atoms with Gasteiger partial charge in [-0.05, 0) is 52.4 Å². The molecule has 0 atom stereocenters. The average Bonchev–Trinajstić information content (AvgIpc) is 3.34. The van der Waals surface area contributed by atoms with Crippen LogP contribution in [0, 0.1) is 0 Å². The number of hydrogen-bond acceptors (Lipinski definition) is 0. The van der Waals surface area contributed by atoms with Crippen molar-refractivity contribution in [1.82, 2.24) is 4.57 Å². The number of nitrogens with zero attached hydrogens (tertiary/aromatic N) is 1. The molecule has 0 saturated heterocycles. The molecule has 2 aliphatic rings. The largest absolute Gasteiger partial charge is 0.309 e. The van der Waals surface area contributed by atoms with E-state index in [4.69, 9.17) is 0 Å². The Morgan fingerprint density at radius 3 is 1.97 bits per heavy atom. The molecule has 0 radical (unpaired) electrons. The molecule has 0 saturated carbocycles. The van der Waals surface area contributed by atoms with E-state index in [9.17, 15) is 0 Å². The van der Waals surface area contributed by atoms with Crippen molar-refractivity contribution in [3.05, 3.63) is 137 Å². The van der Waals surface area contributed by atoms with Gasteiger partial charge >= 0.3 is 0 Å². The molecule has 0 fully saturated rings. The molecule has 156 valence electrons. The maximum absolute atomic E-state index is 4.19. The molecule has 5 aromatic rings. The van der Waals surface area contributed by atoms with Crippen molar-refractivity contribution in [1.29, 1.82) is 0 Å². The summed E-state index contributed by atoms with van der Waals surface area (Å²) in [5, 5.41) is 1.26. The fourth-order valence-corrected chi connectivity index (χ4v) is 6.42. The quantitative estimate of drug-likeness (QED) is 0.267. The van der Waals surface area contributed by atoms with E-state index in [1.807, 2.05) is 6.08 Å². The van der Waals surface area contributed by atoms with Crippen LogP contribution in [0.3, 0.4) is 0 Å². The molecule has 1 heteroatoms. The smallest absolute Gasteiger partial charge is 0.0754 e. The predicted molar refractivity (Wildman–Crippen MR) is 139 cm³/mol. The number of aromatic nitrogens is 1. The second kappa shape index (κ2) is 6.46. The third kappa shape index (κ3) is 2.04. The zero-order chi connectivity index (χ0) is 22.2. The van der Waals surface area contributed by atoms with Gasteiger partial charge in [-0.3, -0.25) is 0 Å². The standard InChI is InChI=1S/C32H23N/c1-3-12-29-21(4-2)24-15-11-19-28-31(24)33(29)30-20-10-9-18-27(30)32(28)25-16-7-5-13-22(25)23-14-6-8-17-26(23)32/h3-20H,2H2,1H3/b12-3-. The van der Waals surface area contributed by atoms with Gasteiger partial charge in [0.2, 0.25) is 0 Å². The molecule has 33 heavy (non-hydrogen) atoms. The summed E-state index contributed by atoms with van der Waals surface area (Å²) in [6.45, 7) is 6.27. The molecule has 0 amide bonds. The van der Waals surface area contributed by atoms with Crippen LogP contribution in [0.15, 0.2) is 104 Å². The highest BCUT2D eigenvalue weighted by Gasteiger charge is 2.50. The van der Waals surface area contributed by atoms with Crippen LogP contribution in [0.25, 0.3) is 39.9 Å². The van der Waals surface area contributed by atoms with Gasteiger partial charge in [-0.2, -0.15) is 0 Å². The maximum Gasteiger partial charge on any atom is 0.0754 e. The van der Waals surface area contributed by atoms with Gasteiger partial charge in [0.05, 0.1) is 22.3 Å². The van der Waals surface area contributed by atoms with Gasteiger partial charge in [0.1, 0.15) is 0 Å². The molecule has 7 rings (SSSR count). The predicted octanol–water partition coefficient (Wildman–Crippen LogP) is 7.98. The zero-order valence-corrected chi connectivity index (χ0v) is 18.5. The normalized spacial score (nSPS) is 14.5. The Bertz CT molecular complexity index is 1600. The second-order valence-corrected chi connectivity index (χ2v) is 8.90. The Morgan fingerprint density at radius 2 is 1.30 bits per heavy atom. The molecule has 1 aromatic heterocycles. The first-order valence-electron chi connectivity index (χ1n) is 11.5. The minimum absolute atomic E-state index is 0.344. The maximum atomic E-state index is 4.19. The Balaban J connectivity index is 1.79. The van der Waals surface area contributed by atoms with E-state index in [2.05, 4.69) is 121 Å². The van der Waals surface area contributed by atoms with Crippen molar-refractivity contribution < 1.29 is 0 Å². The summed E-state index contributed by atoms with van der Waals surface area (Å²) in [6, 6.07) is 33.6. The summed E-state index contributed by atoms with van der Waals surface area (Å²) in [5.41, 5.74) is 12.6. The summed E-state index contributed by atoms with van der Waals surface area (Å²) < 4.78 is 2.45. The van der Waals surface area contributed by atoms with Crippen molar-refractivity contribution >= 4 is 23.1 Å². The topological polar surface area (TPSA) is 4.93 Å². The van der Waals surface area contributed by atoms with Crippen LogP contribution in [-0.2, 0) is 5.41 Å². The van der Waals surface area contributed by atoms with Crippen molar-refractivity contribution in [2.45, 2.75) is 12.3 Å². The first kappa shape index (κ1) is 18.5. The number of rotatable bonds is 2. The molecule has 0 bridgehead atoms. The lowest BCUT2D eigenvalue weighted by Gasteiger charge is -2.39. The summed E-state index contributed by atoms with van der Waals surface area (Å²) in [7, 11) is 0. The van der Waals surface area contributed by atoms with Gasteiger partial charge in [0.15, 0.2) is 0 Å². The van der Waals surface area contributed by atoms with Gasteiger partial charge in [0.25, 0.3) is 0 Å². The SMILES string of the molecule is C=Cc1c(/C=C\C)n2c3c(cccc13)C1(c3ccccc3-c3ccccc31)c1ccccc1-2. The monoisotopic (exact) mass is 421 g/mol. The van der Waals surface area contributed by atoms with Gasteiger partial charge in [-0.1, -0.05) is 104 Å². The highest BCUT2D eigenvalue weighted by Crippen LogP contribution is 2.60. The fraction of sp³-hybridized carbons (Fsp3) is 0.0625. The lowest BCUT2D eigenvalue weighted by molar-refractivity contribution is 0.744. The third-order valence-electron chi connectivity index (χ3n) is 7.50. The molecule has 1 aliphatic carbocycles. The van der Waals surface area contributed by atoms with Crippen molar-refractivity contribution in [3.8, 4) is 16.8 Å². The third-order valence-corrected chi connectivity index (χ3v) is 7.50. The van der Waals surface area contributed by atoms with Crippen LogP contribution in [0.2, 0.25) is 0 Å². The Hall–Kier alpha value is -4.10. The first-order valence-corrected chi connectivity index (χ1v) is 11.5. The van der Waals surface area contributed by atoms with Crippen molar-refractivity contribution in [2.24, 2.45) is 0 Å². The number of fused-ring (bicyclic) bond motifs is 9. The lowest BCUT2D eigenvalue weighted by atomic mass is 9.65. The molecule has 0 unspecified atom stereocenters. The van der Waals surface area contributed by atoms with E-state index in [0.29, 0.717) is 0 Å². The van der Waals surface area contributed by atoms with Crippen LogP contribution >= 0.6 is 0 Å². The van der Waals surface area contributed by atoms with Gasteiger partial charge in [-0.25, -0.2) is 0 Å². The fourth-order valence-electron chi connectivity index (χ4n) is 6.42. The van der Waals surface area contributed by atoms with E-state index in [-0.39, 0.29) is 5.41 Å². The average molecular weight is 422 g/mol. The van der Waals surface area contributed by atoms with Crippen molar-refractivity contribution in [2.75, 3.05) is 0 Å². The molecule has 1 nitrogen and oxygen atoms in total. The molecule has 4 aromatic carbocycles. The number of para-hydroxylation sites is 2. The van der Waals surface area contributed by atoms with Crippen LogP contribution in [0.1, 0.15) is 40.4 Å². The number of benzene rings is 4. The zero-order valence-electron chi connectivity index (χ0n) is 18.5. The molecular weight excluding hydrogens is 398 g/mol. The lowest BCUT2D eigenvalue weighted by Crippen LogP contribution is -2.33. The minimum Gasteiger partial charge on any atom is -0.309 e. The van der Waals surface area contributed by atoms with Crippen LogP contribution in [0.4, 0.5) is 0 Å². The molecule has 2 heterocycles. The summed E-state index contributed by atoms with van der Waals surface area (Å²) >= 11 is 0. The van der Waals surface area contributed by atoms with Crippen LogP contribution in [-0.4, -0.2) is 4.57 Å². The second-order valence-electron chi connectivity index (χ2n) is 8.90. The Kier molecular flexibility index (Phi) is 3.62. The van der Waals surface area contributed by atoms with E-state index in [0.717, 1.165) is 0 Å². The number of allylic oxidation sites excluding steroid dienone is 1. The summed E-state index contributed by atoms with van der Waals surface area (Å²) in [6.07, 6.45) is 6.35. The van der Waals surface area contributed by atoms with E-state index >= 15 is 0 Å². The highest BCUT2D eigenvalue weighted by atomic mass is 15.0. The molecule has 0 N–H and O–H groups in total. The van der Waals surface area contributed by atoms with E-state index in [1.54, 1.807) is 0 Å². The Morgan fingerprint density at radius 1 is 0.697 bits per heavy atom. The van der Waals surface area contributed by atoms with Gasteiger partial charge in [0, 0.05) is 10.9 Å². The molecule has 1 spiro atoms. The molecular formula is C32H23N. The van der Waals surface area contributed by atoms with Gasteiger partial charge < -0.3 is 4.57 Å².